The van der Waals surface area contributed by atoms with Gasteiger partial charge in [0.15, 0.2) is 0 Å². The highest BCUT2D eigenvalue weighted by Gasteiger charge is 2.39. The summed E-state index contributed by atoms with van der Waals surface area (Å²) in [5, 5.41) is 9.02. The Morgan fingerprint density at radius 2 is 2.16 bits per heavy atom. The van der Waals surface area contributed by atoms with Crippen molar-refractivity contribution in [3.8, 4) is 0 Å². The Kier molecular flexibility index (Phi) is 3.93. The second-order valence-corrected chi connectivity index (χ2v) is 6.93. The van der Waals surface area contributed by atoms with Crippen LogP contribution in [-0.2, 0) is 14.8 Å². The number of hydrogen-bond acceptors (Lipinski definition) is 3. The van der Waals surface area contributed by atoms with Crippen molar-refractivity contribution in [2.45, 2.75) is 23.8 Å². The number of nitrogens with zero attached hydrogens (tertiary/aromatic N) is 1. The molecule has 1 N–H and O–H groups in total. The summed E-state index contributed by atoms with van der Waals surface area (Å²) >= 11 is 2.92. The average molecular weight is 352 g/mol. The molecular formula is C11H11BrFNO4S. The lowest BCUT2D eigenvalue weighted by Gasteiger charge is -2.21. The van der Waals surface area contributed by atoms with Crippen LogP contribution in [0.5, 0.6) is 0 Å². The quantitative estimate of drug-likeness (QED) is 0.901. The highest BCUT2D eigenvalue weighted by molar-refractivity contribution is 9.10. The van der Waals surface area contributed by atoms with Crippen LogP contribution in [0.4, 0.5) is 4.39 Å². The van der Waals surface area contributed by atoms with Crippen molar-refractivity contribution in [2.24, 2.45) is 0 Å². The highest BCUT2D eigenvalue weighted by Crippen LogP contribution is 2.28. The number of aliphatic carboxylic acids is 1. The molecule has 1 saturated heterocycles. The number of sulfonamides is 1. The summed E-state index contributed by atoms with van der Waals surface area (Å²) in [6.45, 7) is 0.161. The first-order valence-corrected chi connectivity index (χ1v) is 7.77. The standard InChI is InChI=1S/C11H11BrFNO4S/c12-8-6-7(3-4-9(8)13)19(17,18)14-5-1-2-10(14)11(15)16/h3-4,6,10H,1-2,5H2,(H,15,16). The Balaban J connectivity index is 2.42. The molecular weight excluding hydrogens is 341 g/mol. The van der Waals surface area contributed by atoms with Crippen LogP contribution >= 0.6 is 15.9 Å². The molecule has 1 atom stereocenters. The van der Waals surface area contributed by atoms with Gasteiger partial charge >= 0.3 is 5.97 Å². The van der Waals surface area contributed by atoms with Crippen LogP contribution in [0, 0.1) is 5.82 Å². The van der Waals surface area contributed by atoms with Crippen LogP contribution in [0.15, 0.2) is 27.6 Å². The first kappa shape index (κ1) is 14.4. The summed E-state index contributed by atoms with van der Waals surface area (Å²) in [7, 11) is -3.92. The zero-order valence-corrected chi connectivity index (χ0v) is 12.1. The second-order valence-electron chi connectivity index (χ2n) is 4.19. The summed E-state index contributed by atoms with van der Waals surface area (Å²) in [6.07, 6.45) is 0.787. The Bertz CT molecular complexity index is 619. The predicted molar refractivity (Wildman–Crippen MR) is 68.6 cm³/mol. The number of benzene rings is 1. The Morgan fingerprint density at radius 1 is 1.47 bits per heavy atom. The van der Waals surface area contributed by atoms with Crippen molar-refractivity contribution in [1.29, 1.82) is 0 Å². The van der Waals surface area contributed by atoms with Gasteiger partial charge in [0, 0.05) is 6.54 Å². The van der Waals surface area contributed by atoms with Crippen molar-refractivity contribution < 1.29 is 22.7 Å². The minimum Gasteiger partial charge on any atom is -0.480 e. The molecule has 2 rings (SSSR count). The maximum atomic E-state index is 13.1. The molecule has 1 aromatic carbocycles. The van der Waals surface area contributed by atoms with E-state index in [2.05, 4.69) is 15.9 Å². The Hall–Kier alpha value is -0.990. The van der Waals surface area contributed by atoms with E-state index < -0.39 is 27.9 Å². The molecule has 1 heterocycles. The van der Waals surface area contributed by atoms with Gasteiger partial charge in [-0.05, 0) is 47.0 Å². The third kappa shape index (κ3) is 2.65. The fraction of sp³-hybridized carbons (Fsp3) is 0.364. The minimum atomic E-state index is -3.92. The number of carboxylic acids is 1. The smallest absolute Gasteiger partial charge is 0.322 e. The van der Waals surface area contributed by atoms with Gasteiger partial charge in [-0.25, -0.2) is 12.8 Å². The molecule has 19 heavy (non-hydrogen) atoms. The number of rotatable bonds is 3. The molecule has 0 aliphatic carbocycles. The van der Waals surface area contributed by atoms with E-state index in [4.69, 9.17) is 5.11 Å². The molecule has 1 aromatic rings. The first-order valence-electron chi connectivity index (χ1n) is 5.54. The van der Waals surface area contributed by atoms with Gasteiger partial charge in [0.25, 0.3) is 0 Å². The molecule has 1 fully saturated rings. The fourth-order valence-corrected chi connectivity index (χ4v) is 4.26. The molecule has 0 amide bonds. The topological polar surface area (TPSA) is 74.7 Å². The maximum Gasteiger partial charge on any atom is 0.322 e. The zero-order valence-electron chi connectivity index (χ0n) is 9.71. The molecule has 1 unspecified atom stereocenters. The summed E-state index contributed by atoms with van der Waals surface area (Å²) in [5.41, 5.74) is 0. The Morgan fingerprint density at radius 3 is 2.74 bits per heavy atom. The SMILES string of the molecule is O=C(O)C1CCCN1S(=O)(=O)c1ccc(F)c(Br)c1. The molecule has 0 aromatic heterocycles. The van der Waals surface area contributed by atoms with Gasteiger partial charge in [0.1, 0.15) is 11.9 Å². The van der Waals surface area contributed by atoms with Crippen molar-refractivity contribution in [2.75, 3.05) is 6.54 Å². The van der Waals surface area contributed by atoms with Crippen molar-refractivity contribution in [3.05, 3.63) is 28.5 Å². The number of carbonyl (C=O) groups is 1. The lowest BCUT2D eigenvalue weighted by atomic mass is 10.2. The maximum absolute atomic E-state index is 13.1. The largest absolute Gasteiger partial charge is 0.480 e. The van der Waals surface area contributed by atoms with Gasteiger partial charge in [0.05, 0.1) is 9.37 Å². The van der Waals surface area contributed by atoms with Gasteiger partial charge in [-0.3, -0.25) is 4.79 Å². The first-order chi connectivity index (χ1) is 8.84. The average Bonchev–Trinajstić information content (AvgIpc) is 2.82. The normalized spacial score (nSPS) is 20.6. The predicted octanol–water partition coefficient (Wildman–Crippen LogP) is 1.83. The van der Waals surface area contributed by atoms with Gasteiger partial charge in [0.2, 0.25) is 10.0 Å². The van der Waals surface area contributed by atoms with Crippen molar-refractivity contribution in [3.63, 3.8) is 0 Å². The van der Waals surface area contributed by atoms with E-state index in [-0.39, 0.29) is 22.3 Å². The van der Waals surface area contributed by atoms with Gasteiger partial charge in [-0.2, -0.15) is 4.31 Å². The molecule has 104 valence electrons. The molecule has 0 radical (unpaired) electrons. The zero-order chi connectivity index (χ0) is 14.2. The third-order valence-electron chi connectivity index (χ3n) is 2.99. The summed E-state index contributed by atoms with van der Waals surface area (Å²) in [5.74, 6) is -1.74. The van der Waals surface area contributed by atoms with Crippen molar-refractivity contribution >= 4 is 31.9 Å². The van der Waals surface area contributed by atoms with Crippen LogP contribution < -0.4 is 0 Å². The van der Waals surface area contributed by atoms with E-state index in [0.29, 0.717) is 6.42 Å². The van der Waals surface area contributed by atoms with Gasteiger partial charge in [-0.15, -0.1) is 0 Å². The van der Waals surface area contributed by atoms with Gasteiger partial charge < -0.3 is 5.11 Å². The summed E-state index contributed by atoms with van der Waals surface area (Å²) in [6, 6.07) is 2.26. The number of carboxylic acid groups (broad SMARTS) is 1. The van der Waals surface area contributed by atoms with Crippen LogP contribution in [0.2, 0.25) is 0 Å². The van der Waals surface area contributed by atoms with Gasteiger partial charge in [-0.1, -0.05) is 0 Å². The van der Waals surface area contributed by atoms with Crippen LogP contribution in [0.3, 0.4) is 0 Å². The second kappa shape index (κ2) is 5.18. The molecule has 0 saturated carbocycles. The van der Waals surface area contributed by atoms with E-state index >= 15 is 0 Å². The third-order valence-corrected chi connectivity index (χ3v) is 5.50. The molecule has 1 aliphatic heterocycles. The molecule has 0 bridgehead atoms. The van der Waals surface area contributed by atoms with E-state index in [9.17, 15) is 17.6 Å². The molecule has 8 heteroatoms. The lowest BCUT2D eigenvalue weighted by Crippen LogP contribution is -2.40. The lowest BCUT2D eigenvalue weighted by molar-refractivity contribution is -0.140. The van der Waals surface area contributed by atoms with Crippen LogP contribution in [0.1, 0.15) is 12.8 Å². The summed E-state index contributed by atoms with van der Waals surface area (Å²) in [4.78, 5) is 10.9. The van der Waals surface area contributed by atoms with E-state index in [1.165, 1.54) is 0 Å². The van der Waals surface area contributed by atoms with Crippen LogP contribution in [0.25, 0.3) is 0 Å². The number of hydrogen-bond donors (Lipinski definition) is 1. The molecule has 1 aliphatic rings. The molecule has 5 nitrogen and oxygen atoms in total. The van der Waals surface area contributed by atoms with Crippen molar-refractivity contribution in [1.82, 2.24) is 4.31 Å². The van der Waals surface area contributed by atoms with E-state index in [1.54, 1.807) is 0 Å². The monoisotopic (exact) mass is 351 g/mol. The number of halogens is 2. The minimum absolute atomic E-state index is 0.0275. The summed E-state index contributed by atoms with van der Waals surface area (Å²) < 4.78 is 38.8. The fourth-order valence-electron chi connectivity index (χ4n) is 2.05. The van der Waals surface area contributed by atoms with E-state index in [1.807, 2.05) is 0 Å². The van der Waals surface area contributed by atoms with E-state index in [0.717, 1.165) is 22.5 Å². The highest BCUT2D eigenvalue weighted by atomic mass is 79.9. The van der Waals surface area contributed by atoms with Crippen LogP contribution in [-0.4, -0.2) is 36.4 Å². The Labute approximate surface area is 118 Å². The molecule has 0 spiro atoms.